The Balaban J connectivity index is 2.32. The molecule has 0 saturated heterocycles. The first-order chi connectivity index (χ1) is 10.0. The SMILES string of the molecule is COC(=O)c1cccc(N=C2CC(=O)CC(CO)C2)c1Br. The summed E-state index contributed by atoms with van der Waals surface area (Å²) in [5.41, 5.74) is 1.70. The van der Waals surface area contributed by atoms with Gasteiger partial charge in [-0.05, 0) is 40.4 Å². The van der Waals surface area contributed by atoms with Crippen LogP contribution < -0.4 is 0 Å². The molecule has 1 aliphatic carbocycles. The van der Waals surface area contributed by atoms with E-state index in [1.54, 1.807) is 18.2 Å². The minimum absolute atomic E-state index is 0.0197. The summed E-state index contributed by atoms with van der Waals surface area (Å²) in [4.78, 5) is 27.8. The topological polar surface area (TPSA) is 76.0 Å². The monoisotopic (exact) mass is 353 g/mol. The molecule has 0 heterocycles. The zero-order valence-corrected chi connectivity index (χ0v) is 13.2. The maximum atomic E-state index is 11.7. The summed E-state index contributed by atoms with van der Waals surface area (Å²) in [6.45, 7) is -0.0197. The van der Waals surface area contributed by atoms with Crippen molar-refractivity contribution >= 4 is 39.1 Å². The first kappa shape index (κ1) is 15.9. The number of ketones is 1. The Bertz CT molecular complexity index is 597. The van der Waals surface area contributed by atoms with Crippen molar-refractivity contribution in [1.82, 2.24) is 0 Å². The van der Waals surface area contributed by atoms with Crippen LogP contribution in [0.5, 0.6) is 0 Å². The van der Waals surface area contributed by atoms with Gasteiger partial charge in [0.1, 0.15) is 5.78 Å². The number of ether oxygens (including phenoxy) is 1. The van der Waals surface area contributed by atoms with Crippen LogP contribution in [0.2, 0.25) is 0 Å². The third kappa shape index (κ3) is 3.77. The summed E-state index contributed by atoms with van der Waals surface area (Å²) in [6.07, 6.45) is 1.29. The maximum absolute atomic E-state index is 11.7. The minimum atomic E-state index is -0.447. The Morgan fingerprint density at radius 1 is 1.48 bits per heavy atom. The van der Waals surface area contributed by atoms with Gasteiger partial charge >= 0.3 is 5.97 Å². The highest BCUT2D eigenvalue weighted by atomic mass is 79.9. The zero-order chi connectivity index (χ0) is 15.4. The Morgan fingerprint density at radius 2 is 2.24 bits per heavy atom. The van der Waals surface area contributed by atoms with Crippen molar-refractivity contribution in [3.63, 3.8) is 0 Å². The highest BCUT2D eigenvalue weighted by Crippen LogP contribution is 2.31. The summed E-state index contributed by atoms with van der Waals surface area (Å²) in [6, 6.07) is 5.11. The third-order valence-electron chi connectivity index (χ3n) is 3.36. The van der Waals surface area contributed by atoms with Gasteiger partial charge in [-0.2, -0.15) is 0 Å². The van der Waals surface area contributed by atoms with Gasteiger partial charge in [-0.25, -0.2) is 4.79 Å². The van der Waals surface area contributed by atoms with Gasteiger partial charge in [0.25, 0.3) is 0 Å². The Morgan fingerprint density at radius 3 is 2.90 bits per heavy atom. The zero-order valence-electron chi connectivity index (χ0n) is 11.6. The number of hydrogen-bond acceptors (Lipinski definition) is 5. The van der Waals surface area contributed by atoms with Crippen molar-refractivity contribution in [3.8, 4) is 0 Å². The van der Waals surface area contributed by atoms with E-state index in [0.717, 1.165) is 5.71 Å². The summed E-state index contributed by atoms with van der Waals surface area (Å²) in [7, 11) is 1.32. The van der Waals surface area contributed by atoms with Crippen molar-refractivity contribution in [2.75, 3.05) is 13.7 Å². The van der Waals surface area contributed by atoms with Crippen LogP contribution in [0.25, 0.3) is 0 Å². The van der Waals surface area contributed by atoms with Gasteiger partial charge in [-0.1, -0.05) is 6.07 Å². The number of methoxy groups -OCH3 is 1. The number of benzene rings is 1. The van der Waals surface area contributed by atoms with Crippen LogP contribution in [0.3, 0.4) is 0 Å². The van der Waals surface area contributed by atoms with Crippen LogP contribution >= 0.6 is 15.9 Å². The average molecular weight is 354 g/mol. The van der Waals surface area contributed by atoms with E-state index < -0.39 is 5.97 Å². The van der Waals surface area contributed by atoms with E-state index in [0.29, 0.717) is 35.0 Å². The molecule has 1 saturated carbocycles. The summed E-state index contributed by atoms with van der Waals surface area (Å²) < 4.78 is 5.25. The van der Waals surface area contributed by atoms with E-state index in [2.05, 4.69) is 20.9 Å². The van der Waals surface area contributed by atoms with Crippen LogP contribution in [0.15, 0.2) is 27.7 Å². The molecule has 2 rings (SSSR count). The fraction of sp³-hybridized carbons (Fsp3) is 0.400. The lowest BCUT2D eigenvalue weighted by Gasteiger charge is -2.20. The summed E-state index contributed by atoms with van der Waals surface area (Å²) >= 11 is 3.35. The van der Waals surface area contributed by atoms with Crippen molar-refractivity contribution in [2.24, 2.45) is 10.9 Å². The van der Waals surface area contributed by atoms with Gasteiger partial charge in [0.15, 0.2) is 0 Å². The van der Waals surface area contributed by atoms with E-state index in [-0.39, 0.29) is 18.3 Å². The highest BCUT2D eigenvalue weighted by molar-refractivity contribution is 9.10. The number of aliphatic hydroxyl groups excluding tert-OH is 1. The van der Waals surface area contributed by atoms with E-state index in [9.17, 15) is 14.7 Å². The minimum Gasteiger partial charge on any atom is -0.465 e. The summed E-state index contributed by atoms with van der Waals surface area (Å²) in [5.74, 6) is -0.427. The molecule has 1 N–H and O–H groups in total. The van der Waals surface area contributed by atoms with Crippen LogP contribution in [0.1, 0.15) is 29.6 Å². The fourth-order valence-electron chi connectivity index (χ4n) is 2.36. The lowest BCUT2D eigenvalue weighted by atomic mass is 9.87. The number of hydrogen-bond donors (Lipinski definition) is 1. The molecule has 6 heteroatoms. The average Bonchev–Trinajstić information content (AvgIpc) is 2.48. The molecule has 5 nitrogen and oxygen atoms in total. The fourth-order valence-corrected chi connectivity index (χ4v) is 2.87. The normalized spacial score (nSPS) is 20.6. The molecule has 21 heavy (non-hydrogen) atoms. The quantitative estimate of drug-likeness (QED) is 0.847. The molecule has 1 fully saturated rings. The number of carbonyl (C=O) groups is 2. The van der Waals surface area contributed by atoms with E-state index in [1.165, 1.54) is 7.11 Å². The molecule has 0 aliphatic heterocycles. The van der Waals surface area contributed by atoms with Crippen molar-refractivity contribution < 1.29 is 19.4 Å². The van der Waals surface area contributed by atoms with Gasteiger partial charge < -0.3 is 9.84 Å². The van der Waals surface area contributed by atoms with E-state index >= 15 is 0 Å². The predicted octanol–water partition coefficient (Wildman–Crippen LogP) is 2.67. The molecule has 1 atom stereocenters. The van der Waals surface area contributed by atoms with Crippen LogP contribution in [0, 0.1) is 5.92 Å². The lowest BCUT2D eigenvalue weighted by Crippen LogP contribution is -2.24. The number of halogens is 1. The molecule has 1 unspecified atom stereocenters. The number of Topliss-reactive ketones (excluding diaryl/α,β-unsaturated/α-hetero) is 1. The van der Waals surface area contributed by atoms with Crippen molar-refractivity contribution in [1.29, 1.82) is 0 Å². The van der Waals surface area contributed by atoms with Gasteiger partial charge in [-0.15, -0.1) is 0 Å². The molecule has 0 bridgehead atoms. The van der Waals surface area contributed by atoms with Crippen LogP contribution in [-0.2, 0) is 9.53 Å². The second-order valence-corrected chi connectivity index (χ2v) is 5.77. The molecule has 0 amide bonds. The number of rotatable bonds is 3. The molecule has 0 spiro atoms. The van der Waals surface area contributed by atoms with Gasteiger partial charge in [0, 0.05) is 25.2 Å². The van der Waals surface area contributed by atoms with Gasteiger partial charge in [0.05, 0.1) is 22.8 Å². The van der Waals surface area contributed by atoms with Gasteiger partial charge in [0.2, 0.25) is 0 Å². The van der Waals surface area contributed by atoms with Crippen molar-refractivity contribution in [2.45, 2.75) is 19.3 Å². The largest absolute Gasteiger partial charge is 0.465 e. The molecule has 0 radical (unpaired) electrons. The first-order valence-electron chi connectivity index (χ1n) is 6.61. The maximum Gasteiger partial charge on any atom is 0.339 e. The molecule has 0 aromatic heterocycles. The summed E-state index contributed by atoms with van der Waals surface area (Å²) in [5, 5.41) is 9.22. The van der Waals surface area contributed by atoms with E-state index in [1.807, 2.05) is 0 Å². The number of aliphatic imine (C=N–C) groups is 1. The molecule has 1 aromatic carbocycles. The third-order valence-corrected chi connectivity index (χ3v) is 4.20. The van der Waals surface area contributed by atoms with Crippen molar-refractivity contribution in [3.05, 3.63) is 28.2 Å². The number of aliphatic hydroxyl groups is 1. The smallest absolute Gasteiger partial charge is 0.339 e. The molecule has 112 valence electrons. The Labute approximate surface area is 131 Å². The second-order valence-electron chi connectivity index (χ2n) is 4.98. The lowest BCUT2D eigenvalue weighted by molar-refractivity contribution is -0.119. The number of carbonyl (C=O) groups excluding carboxylic acids is 2. The second kappa shape index (κ2) is 6.95. The van der Waals surface area contributed by atoms with Gasteiger partial charge in [-0.3, -0.25) is 9.79 Å². The Hall–Kier alpha value is -1.53. The Kier molecular flexibility index (Phi) is 5.25. The van der Waals surface area contributed by atoms with E-state index in [4.69, 9.17) is 4.74 Å². The molecule has 1 aliphatic rings. The molecular formula is C15H16BrNO4. The number of nitrogens with zero attached hydrogens (tertiary/aromatic N) is 1. The van der Waals surface area contributed by atoms with Crippen LogP contribution in [-0.4, -0.2) is 36.3 Å². The standard InChI is InChI=1S/C15H16BrNO4/c1-21-15(20)12-3-2-4-13(14(12)16)17-10-5-9(8-18)6-11(19)7-10/h2-4,9,18H,5-8H2,1H3. The highest BCUT2D eigenvalue weighted by Gasteiger charge is 2.24. The first-order valence-corrected chi connectivity index (χ1v) is 7.40. The molecule has 1 aromatic rings. The van der Waals surface area contributed by atoms with Crippen LogP contribution in [0.4, 0.5) is 5.69 Å². The number of esters is 1. The predicted molar refractivity (Wildman–Crippen MR) is 82.0 cm³/mol. The molecular weight excluding hydrogens is 338 g/mol.